The lowest BCUT2D eigenvalue weighted by molar-refractivity contribution is -0.287. The first kappa shape index (κ1) is 21.7. The number of ether oxygens (including phenoxy) is 2. The minimum absolute atomic E-state index is 0.145. The zero-order chi connectivity index (χ0) is 20.8. The third-order valence-electron chi connectivity index (χ3n) is 3.64. The first-order valence-corrected chi connectivity index (χ1v) is 8.57. The smallest absolute Gasteiger partial charge is 0.448 e. The first-order valence-electron chi connectivity index (χ1n) is 8.19. The fourth-order valence-electron chi connectivity index (χ4n) is 2.27. The normalized spacial score (nSPS) is 13.5. The van der Waals surface area contributed by atoms with Gasteiger partial charge in [0.25, 0.3) is 5.91 Å². The van der Waals surface area contributed by atoms with E-state index in [1.807, 2.05) is 0 Å². The number of hydrogen-bond acceptors (Lipinski definition) is 4. The van der Waals surface area contributed by atoms with Gasteiger partial charge in [0.15, 0.2) is 0 Å². The number of rotatable bonds is 7. The predicted octanol–water partition coefficient (Wildman–Crippen LogP) is 4.11. The lowest BCUT2D eigenvalue weighted by Crippen LogP contribution is -2.66. The largest absolute Gasteiger partial charge is 0.462 e. The minimum atomic E-state index is -5.29. The quantitative estimate of drug-likeness (QED) is 0.546. The summed E-state index contributed by atoms with van der Waals surface area (Å²) in [5, 5.41) is 1.79. The van der Waals surface area contributed by atoms with Crippen molar-refractivity contribution in [3.8, 4) is 0 Å². The highest BCUT2D eigenvalue weighted by Gasteiger charge is 2.65. The number of halogens is 4. The SMILES string of the molecule is CCOC(=O)[C@](NC(=O)c1cccc(Cl)c1)(OCc1ccccc1)C(F)(F)F. The van der Waals surface area contributed by atoms with E-state index < -0.39 is 30.4 Å². The van der Waals surface area contributed by atoms with Gasteiger partial charge < -0.3 is 14.8 Å². The molecule has 0 aliphatic rings. The van der Waals surface area contributed by atoms with Gasteiger partial charge in [-0.25, -0.2) is 4.79 Å². The number of benzene rings is 2. The summed E-state index contributed by atoms with van der Waals surface area (Å²) in [6, 6.07) is 13.2. The molecule has 0 aliphatic carbocycles. The molecule has 0 bridgehead atoms. The fourth-order valence-corrected chi connectivity index (χ4v) is 2.47. The van der Waals surface area contributed by atoms with Crippen molar-refractivity contribution in [2.75, 3.05) is 6.61 Å². The molecule has 1 N–H and O–H groups in total. The van der Waals surface area contributed by atoms with Crippen LogP contribution in [0.15, 0.2) is 54.6 Å². The number of esters is 1. The van der Waals surface area contributed by atoms with Gasteiger partial charge in [0.2, 0.25) is 0 Å². The minimum Gasteiger partial charge on any atom is -0.462 e. The van der Waals surface area contributed by atoms with Crippen molar-refractivity contribution in [1.82, 2.24) is 5.32 Å². The molecule has 0 fully saturated rings. The summed E-state index contributed by atoms with van der Waals surface area (Å²) in [7, 11) is 0. The maximum atomic E-state index is 13.9. The van der Waals surface area contributed by atoms with Crippen LogP contribution in [0.1, 0.15) is 22.8 Å². The van der Waals surface area contributed by atoms with E-state index in [2.05, 4.69) is 4.74 Å². The summed E-state index contributed by atoms with van der Waals surface area (Å²) in [4.78, 5) is 24.7. The van der Waals surface area contributed by atoms with E-state index in [-0.39, 0.29) is 17.2 Å². The molecule has 2 aromatic carbocycles. The molecule has 9 heteroatoms. The third-order valence-corrected chi connectivity index (χ3v) is 3.87. The zero-order valence-corrected chi connectivity index (χ0v) is 15.5. The Morgan fingerprint density at radius 3 is 2.32 bits per heavy atom. The third kappa shape index (κ3) is 5.02. The molecular formula is C19H17ClF3NO4. The molecule has 2 aromatic rings. The van der Waals surface area contributed by atoms with Crippen LogP contribution in [0.4, 0.5) is 13.2 Å². The molecule has 1 atom stereocenters. The van der Waals surface area contributed by atoms with Crippen molar-refractivity contribution in [3.63, 3.8) is 0 Å². The Bertz CT molecular complexity index is 829. The van der Waals surface area contributed by atoms with Crippen LogP contribution >= 0.6 is 11.6 Å². The van der Waals surface area contributed by atoms with E-state index >= 15 is 0 Å². The fraction of sp³-hybridized carbons (Fsp3) is 0.263. The van der Waals surface area contributed by atoms with Gasteiger partial charge in [0, 0.05) is 10.6 Å². The molecule has 1 amide bonds. The molecule has 0 saturated heterocycles. The molecule has 28 heavy (non-hydrogen) atoms. The lowest BCUT2D eigenvalue weighted by atomic mass is 10.1. The molecule has 0 spiro atoms. The van der Waals surface area contributed by atoms with Gasteiger partial charge in [-0.1, -0.05) is 48.0 Å². The number of carbonyl (C=O) groups excluding carboxylic acids is 2. The van der Waals surface area contributed by atoms with Crippen LogP contribution < -0.4 is 5.32 Å². The number of hydrogen-bond donors (Lipinski definition) is 1. The van der Waals surface area contributed by atoms with E-state index in [9.17, 15) is 22.8 Å². The molecular weight excluding hydrogens is 399 g/mol. The second-order valence-corrected chi connectivity index (χ2v) is 6.07. The van der Waals surface area contributed by atoms with Crippen LogP contribution in [0.2, 0.25) is 5.02 Å². The number of carbonyl (C=O) groups is 2. The molecule has 0 heterocycles. The van der Waals surface area contributed by atoms with Crippen molar-refractivity contribution in [1.29, 1.82) is 0 Å². The van der Waals surface area contributed by atoms with Gasteiger partial charge >= 0.3 is 17.9 Å². The van der Waals surface area contributed by atoms with Gasteiger partial charge in [-0.3, -0.25) is 4.79 Å². The Kier molecular flexibility index (Phi) is 7.04. The van der Waals surface area contributed by atoms with Gasteiger partial charge in [-0.15, -0.1) is 0 Å². The Balaban J connectivity index is 2.40. The highest BCUT2D eigenvalue weighted by Crippen LogP contribution is 2.34. The topological polar surface area (TPSA) is 64.6 Å². The highest BCUT2D eigenvalue weighted by molar-refractivity contribution is 6.31. The van der Waals surface area contributed by atoms with Gasteiger partial charge in [0.05, 0.1) is 13.2 Å². The zero-order valence-electron chi connectivity index (χ0n) is 14.8. The van der Waals surface area contributed by atoms with Crippen molar-refractivity contribution in [2.45, 2.75) is 25.4 Å². The maximum Gasteiger partial charge on any atom is 0.448 e. The van der Waals surface area contributed by atoms with Crippen LogP contribution in [-0.4, -0.2) is 30.4 Å². The highest BCUT2D eigenvalue weighted by atomic mass is 35.5. The number of alkyl halides is 3. The average molecular weight is 416 g/mol. The number of nitrogens with one attached hydrogen (secondary N) is 1. The summed E-state index contributed by atoms with van der Waals surface area (Å²) in [5.41, 5.74) is -3.48. The van der Waals surface area contributed by atoms with Crippen LogP contribution in [0, 0.1) is 0 Å². The summed E-state index contributed by atoms with van der Waals surface area (Å²) in [6.07, 6.45) is -5.29. The van der Waals surface area contributed by atoms with Crippen molar-refractivity contribution < 1.29 is 32.2 Å². The molecule has 0 aliphatic heterocycles. The molecule has 150 valence electrons. The summed E-state index contributed by atoms with van der Waals surface area (Å²) in [5.74, 6) is -2.96. The van der Waals surface area contributed by atoms with Gasteiger partial charge in [0.1, 0.15) is 0 Å². The Labute approximate surface area is 164 Å². The van der Waals surface area contributed by atoms with E-state index in [4.69, 9.17) is 16.3 Å². The second-order valence-electron chi connectivity index (χ2n) is 5.64. The Hall–Kier alpha value is -2.58. The van der Waals surface area contributed by atoms with E-state index in [1.165, 1.54) is 43.3 Å². The van der Waals surface area contributed by atoms with Crippen molar-refractivity contribution in [2.24, 2.45) is 0 Å². The predicted molar refractivity (Wildman–Crippen MR) is 95.6 cm³/mol. The van der Waals surface area contributed by atoms with Gasteiger partial charge in [-0.05, 0) is 30.7 Å². The maximum absolute atomic E-state index is 13.9. The molecule has 0 unspecified atom stereocenters. The molecule has 0 radical (unpaired) electrons. The molecule has 2 rings (SSSR count). The molecule has 0 aromatic heterocycles. The number of amides is 1. The molecule has 0 saturated carbocycles. The van der Waals surface area contributed by atoms with Crippen LogP contribution in [0.25, 0.3) is 0 Å². The van der Waals surface area contributed by atoms with Crippen LogP contribution in [0.5, 0.6) is 0 Å². The van der Waals surface area contributed by atoms with E-state index in [0.717, 1.165) is 0 Å². The Morgan fingerprint density at radius 1 is 1.07 bits per heavy atom. The summed E-state index contributed by atoms with van der Waals surface area (Å²) < 4.78 is 51.3. The van der Waals surface area contributed by atoms with E-state index in [1.54, 1.807) is 23.5 Å². The van der Waals surface area contributed by atoms with Crippen LogP contribution in [-0.2, 0) is 20.9 Å². The first-order chi connectivity index (χ1) is 13.2. The van der Waals surface area contributed by atoms with E-state index in [0.29, 0.717) is 5.56 Å². The Morgan fingerprint density at radius 2 is 1.75 bits per heavy atom. The van der Waals surface area contributed by atoms with Crippen molar-refractivity contribution in [3.05, 3.63) is 70.7 Å². The molecule has 5 nitrogen and oxygen atoms in total. The average Bonchev–Trinajstić information content (AvgIpc) is 2.65. The summed E-state index contributed by atoms with van der Waals surface area (Å²) in [6.45, 7) is 0.419. The second kappa shape index (κ2) is 9.07. The van der Waals surface area contributed by atoms with Crippen molar-refractivity contribution >= 4 is 23.5 Å². The monoisotopic (exact) mass is 415 g/mol. The van der Waals surface area contributed by atoms with Gasteiger partial charge in [-0.2, -0.15) is 13.2 Å². The van der Waals surface area contributed by atoms with Crippen LogP contribution in [0.3, 0.4) is 0 Å². The summed E-state index contributed by atoms with van der Waals surface area (Å²) >= 11 is 5.78. The lowest BCUT2D eigenvalue weighted by Gasteiger charge is -2.33. The standard InChI is InChI=1S/C19H17ClF3NO4/c1-2-27-17(26)18(19(21,22)23,28-12-13-7-4-3-5-8-13)24-16(25)14-9-6-10-15(20)11-14/h3-11H,2,12H2,1H3,(H,24,25)/t18-/m0/s1.